The van der Waals surface area contributed by atoms with E-state index in [1.54, 1.807) is 6.07 Å². The van der Waals surface area contributed by atoms with Gasteiger partial charge in [0.15, 0.2) is 5.78 Å². The van der Waals surface area contributed by atoms with Crippen molar-refractivity contribution < 1.29 is 9.18 Å². The summed E-state index contributed by atoms with van der Waals surface area (Å²) in [5.74, 6) is 0.187. The average molecular weight is 263 g/mol. The number of benzene rings is 1. The average Bonchev–Trinajstić information content (AvgIpc) is 2.38. The summed E-state index contributed by atoms with van der Waals surface area (Å²) in [6.07, 6.45) is 4.89. The van der Waals surface area contributed by atoms with Crippen molar-refractivity contribution >= 4 is 11.5 Å². The number of rotatable bonds is 3. The Hall–Kier alpha value is -1.38. The number of hydrogen-bond acceptors (Lipinski definition) is 2. The zero-order chi connectivity index (χ0) is 14.0. The van der Waals surface area contributed by atoms with Crippen LogP contribution in [-0.4, -0.2) is 18.9 Å². The monoisotopic (exact) mass is 263 g/mol. The molecular weight excluding hydrogens is 241 g/mol. The molecule has 0 N–H and O–H groups in total. The highest BCUT2D eigenvalue weighted by atomic mass is 19.1. The van der Waals surface area contributed by atoms with Crippen LogP contribution < -0.4 is 4.90 Å². The molecule has 1 aromatic carbocycles. The molecule has 19 heavy (non-hydrogen) atoms. The fourth-order valence-electron chi connectivity index (χ4n) is 3.15. The van der Waals surface area contributed by atoms with Crippen LogP contribution >= 0.6 is 0 Å². The molecule has 0 radical (unpaired) electrons. The summed E-state index contributed by atoms with van der Waals surface area (Å²) in [5, 5.41) is 0. The lowest BCUT2D eigenvalue weighted by molar-refractivity contribution is 0.101. The standard InChI is InChI=1S/C16H22FNO/c1-11-6-4-5-7-15(11)18(3)16-9-8-13(17)10-14(16)12(2)19/h8-11,15H,4-7H2,1-3H3. The van der Waals surface area contributed by atoms with Gasteiger partial charge in [0.2, 0.25) is 0 Å². The minimum absolute atomic E-state index is 0.0789. The highest BCUT2D eigenvalue weighted by molar-refractivity contribution is 5.99. The number of carbonyl (C=O) groups is 1. The molecule has 2 atom stereocenters. The molecule has 0 aromatic heterocycles. The predicted molar refractivity (Wildman–Crippen MR) is 76.2 cm³/mol. The summed E-state index contributed by atoms with van der Waals surface area (Å²) >= 11 is 0. The summed E-state index contributed by atoms with van der Waals surface area (Å²) in [6.45, 7) is 3.76. The van der Waals surface area contributed by atoms with Crippen molar-refractivity contribution in [1.29, 1.82) is 0 Å². The number of ketones is 1. The molecule has 0 aliphatic heterocycles. The molecule has 0 spiro atoms. The molecule has 0 heterocycles. The second-order valence-electron chi connectivity index (χ2n) is 5.66. The van der Waals surface area contributed by atoms with Gasteiger partial charge in [-0.1, -0.05) is 19.8 Å². The van der Waals surface area contributed by atoms with Crippen LogP contribution in [0.4, 0.5) is 10.1 Å². The number of hydrogen-bond donors (Lipinski definition) is 0. The minimum atomic E-state index is -0.348. The summed E-state index contributed by atoms with van der Waals surface area (Å²) < 4.78 is 13.3. The van der Waals surface area contributed by atoms with Gasteiger partial charge in [-0.25, -0.2) is 4.39 Å². The molecule has 2 nitrogen and oxygen atoms in total. The van der Waals surface area contributed by atoms with Crippen LogP contribution in [0.3, 0.4) is 0 Å². The molecule has 1 aliphatic carbocycles. The summed E-state index contributed by atoms with van der Waals surface area (Å²) in [7, 11) is 2.02. The summed E-state index contributed by atoms with van der Waals surface area (Å²) in [4.78, 5) is 13.9. The molecular formula is C16H22FNO. The first kappa shape index (κ1) is 14.0. The fourth-order valence-corrected chi connectivity index (χ4v) is 3.15. The lowest BCUT2D eigenvalue weighted by atomic mass is 9.84. The van der Waals surface area contributed by atoms with E-state index in [-0.39, 0.29) is 11.6 Å². The van der Waals surface area contributed by atoms with E-state index in [4.69, 9.17) is 0 Å². The molecule has 1 aliphatic rings. The van der Waals surface area contributed by atoms with Crippen molar-refractivity contribution in [3.05, 3.63) is 29.6 Å². The van der Waals surface area contributed by atoms with E-state index in [0.29, 0.717) is 17.5 Å². The van der Waals surface area contributed by atoms with Crippen LogP contribution in [0.1, 0.15) is 49.9 Å². The van der Waals surface area contributed by atoms with Crippen LogP contribution in [0, 0.1) is 11.7 Å². The van der Waals surface area contributed by atoms with Crippen molar-refractivity contribution in [2.45, 2.75) is 45.6 Å². The Morgan fingerprint density at radius 1 is 1.32 bits per heavy atom. The third kappa shape index (κ3) is 2.96. The van der Waals surface area contributed by atoms with Crippen LogP contribution in [-0.2, 0) is 0 Å². The Morgan fingerprint density at radius 3 is 2.63 bits per heavy atom. The van der Waals surface area contributed by atoms with Gasteiger partial charge in [0.25, 0.3) is 0 Å². The van der Waals surface area contributed by atoms with Gasteiger partial charge >= 0.3 is 0 Å². The smallest absolute Gasteiger partial charge is 0.161 e. The highest BCUT2D eigenvalue weighted by Crippen LogP contribution is 2.32. The van der Waals surface area contributed by atoms with Crippen LogP contribution in [0.5, 0.6) is 0 Å². The summed E-state index contributed by atoms with van der Waals surface area (Å²) in [6, 6.07) is 4.96. The molecule has 104 valence electrons. The first-order valence-corrected chi connectivity index (χ1v) is 7.04. The van der Waals surface area contributed by atoms with Crippen molar-refractivity contribution in [3.63, 3.8) is 0 Å². The molecule has 0 saturated heterocycles. The normalized spacial score (nSPS) is 23.2. The van der Waals surface area contributed by atoms with E-state index in [1.165, 1.54) is 38.3 Å². The first-order valence-electron chi connectivity index (χ1n) is 7.04. The second kappa shape index (κ2) is 5.72. The van der Waals surface area contributed by atoms with Gasteiger partial charge in [-0.15, -0.1) is 0 Å². The Kier molecular flexibility index (Phi) is 4.23. The highest BCUT2D eigenvalue weighted by Gasteiger charge is 2.26. The maximum atomic E-state index is 13.3. The molecule has 1 saturated carbocycles. The maximum absolute atomic E-state index is 13.3. The Balaban J connectivity index is 2.32. The van der Waals surface area contributed by atoms with Crippen molar-refractivity contribution in [2.75, 3.05) is 11.9 Å². The van der Waals surface area contributed by atoms with E-state index < -0.39 is 0 Å². The molecule has 0 amide bonds. The van der Waals surface area contributed by atoms with Gasteiger partial charge in [0, 0.05) is 24.3 Å². The third-order valence-corrected chi connectivity index (χ3v) is 4.28. The number of anilines is 1. The quantitative estimate of drug-likeness (QED) is 0.767. The fraction of sp³-hybridized carbons (Fsp3) is 0.562. The lowest BCUT2D eigenvalue weighted by Gasteiger charge is -2.38. The van der Waals surface area contributed by atoms with E-state index in [2.05, 4.69) is 11.8 Å². The molecule has 2 unspecified atom stereocenters. The van der Waals surface area contributed by atoms with Crippen LogP contribution in [0.2, 0.25) is 0 Å². The first-order chi connectivity index (χ1) is 9.00. The predicted octanol–water partition coefficient (Wildman–Crippen LogP) is 4.04. The number of carbonyl (C=O) groups excluding carboxylic acids is 1. The molecule has 3 heteroatoms. The summed E-state index contributed by atoms with van der Waals surface area (Å²) in [5.41, 5.74) is 1.34. The number of halogens is 1. The van der Waals surface area contributed by atoms with E-state index in [9.17, 15) is 9.18 Å². The Morgan fingerprint density at radius 2 is 2.00 bits per heavy atom. The largest absolute Gasteiger partial charge is 0.371 e. The zero-order valence-electron chi connectivity index (χ0n) is 11.9. The van der Waals surface area contributed by atoms with Gasteiger partial charge in [0.05, 0.1) is 0 Å². The Bertz CT molecular complexity index is 472. The van der Waals surface area contributed by atoms with E-state index >= 15 is 0 Å². The van der Waals surface area contributed by atoms with E-state index in [1.807, 2.05) is 7.05 Å². The van der Waals surface area contributed by atoms with Crippen molar-refractivity contribution in [3.8, 4) is 0 Å². The van der Waals surface area contributed by atoms with Crippen molar-refractivity contribution in [2.24, 2.45) is 5.92 Å². The third-order valence-electron chi connectivity index (χ3n) is 4.28. The van der Waals surface area contributed by atoms with Gasteiger partial charge in [-0.05, 0) is 43.9 Å². The second-order valence-corrected chi connectivity index (χ2v) is 5.66. The van der Waals surface area contributed by atoms with Gasteiger partial charge in [-0.3, -0.25) is 4.79 Å². The van der Waals surface area contributed by atoms with Crippen molar-refractivity contribution in [1.82, 2.24) is 0 Å². The molecule has 1 fully saturated rings. The minimum Gasteiger partial charge on any atom is -0.371 e. The SMILES string of the molecule is CC(=O)c1cc(F)ccc1N(C)C1CCCCC1C. The van der Waals surface area contributed by atoms with E-state index in [0.717, 1.165) is 12.1 Å². The van der Waals surface area contributed by atoms with Crippen LogP contribution in [0.15, 0.2) is 18.2 Å². The Labute approximate surface area is 114 Å². The molecule has 1 aromatic rings. The molecule has 0 bridgehead atoms. The van der Waals surface area contributed by atoms with Crippen LogP contribution in [0.25, 0.3) is 0 Å². The van der Waals surface area contributed by atoms with Gasteiger partial charge in [-0.2, -0.15) is 0 Å². The lowest BCUT2D eigenvalue weighted by Crippen LogP contribution is -2.39. The molecule has 2 rings (SSSR count). The number of Topliss-reactive ketones (excluding diaryl/α,β-unsaturated/α-hetero) is 1. The zero-order valence-corrected chi connectivity index (χ0v) is 11.9. The number of nitrogens with zero attached hydrogens (tertiary/aromatic N) is 1. The van der Waals surface area contributed by atoms with Gasteiger partial charge in [0.1, 0.15) is 5.82 Å². The van der Waals surface area contributed by atoms with Gasteiger partial charge < -0.3 is 4.90 Å². The topological polar surface area (TPSA) is 20.3 Å². The maximum Gasteiger partial charge on any atom is 0.161 e.